The van der Waals surface area contributed by atoms with Gasteiger partial charge in [-0.1, -0.05) is 19.9 Å². The zero-order valence-corrected chi connectivity index (χ0v) is 11.8. The Morgan fingerprint density at radius 2 is 2.20 bits per heavy atom. The van der Waals surface area contributed by atoms with Crippen molar-refractivity contribution < 1.29 is 4.79 Å². The van der Waals surface area contributed by atoms with E-state index in [4.69, 9.17) is 5.73 Å². The largest absolute Gasteiger partial charge is 0.399 e. The summed E-state index contributed by atoms with van der Waals surface area (Å²) in [5.74, 6) is 0.424. The zero-order valence-electron chi connectivity index (χ0n) is 11.8. The molecule has 3 N–H and O–H groups in total. The fraction of sp³-hybridized carbons (Fsp3) is 0.333. The maximum atomic E-state index is 11.9. The molecule has 0 spiro atoms. The van der Waals surface area contributed by atoms with E-state index in [1.807, 2.05) is 24.3 Å². The van der Waals surface area contributed by atoms with Crippen LogP contribution in [0.5, 0.6) is 0 Å². The van der Waals surface area contributed by atoms with Crippen molar-refractivity contribution in [2.75, 3.05) is 12.3 Å². The number of aromatic nitrogens is 2. The SMILES string of the molecule is CC(C)CCNC(=O)c1ccn(-c2cccc(N)c2)n1. The molecule has 1 amide bonds. The Morgan fingerprint density at radius 1 is 1.40 bits per heavy atom. The van der Waals surface area contributed by atoms with Gasteiger partial charge in [-0.3, -0.25) is 4.79 Å². The minimum atomic E-state index is -0.145. The number of benzene rings is 1. The molecule has 1 aromatic heterocycles. The van der Waals surface area contributed by atoms with Crippen molar-refractivity contribution in [2.45, 2.75) is 20.3 Å². The van der Waals surface area contributed by atoms with E-state index in [1.54, 1.807) is 16.9 Å². The van der Waals surface area contributed by atoms with Crippen LogP contribution >= 0.6 is 0 Å². The molecule has 0 bridgehead atoms. The Morgan fingerprint density at radius 3 is 2.90 bits per heavy atom. The molecule has 0 aliphatic carbocycles. The van der Waals surface area contributed by atoms with Gasteiger partial charge in [0, 0.05) is 18.4 Å². The van der Waals surface area contributed by atoms with E-state index in [1.165, 1.54) is 0 Å². The van der Waals surface area contributed by atoms with Crippen LogP contribution in [0.4, 0.5) is 5.69 Å². The highest BCUT2D eigenvalue weighted by Gasteiger charge is 2.09. The molecule has 0 aliphatic rings. The maximum absolute atomic E-state index is 11.9. The monoisotopic (exact) mass is 272 g/mol. The molecule has 0 atom stereocenters. The quantitative estimate of drug-likeness (QED) is 0.820. The first-order valence-electron chi connectivity index (χ1n) is 6.76. The number of hydrogen-bond donors (Lipinski definition) is 2. The molecule has 106 valence electrons. The lowest BCUT2D eigenvalue weighted by Gasteiger charge is -2.05. The van der Waals surface area contributed by atoms with E-state index in [-0.39, 0.29) is 5.91 Å². The van der Waals surface area contributed by atoms with Crippen LogP contribution in [-0.2, 0) is 0 Å². The summed E-state index contributed by atoms with van der Waals surface area (Å²) < 4.78 is 1.65. The number of nitrogen functional groups attached to an aromatic ring is 1. The number of nitrogens with zero attached hydrogens (tertiary/aromatic N) is 2. The van der Waals surface area contributed by atoms with Crippen molar-refractivity contribution in [3.8, 4) is 5.69 Å². The van der Waals surface area contributed by atoms with Gasteiger partial charge in [0.05, 0.1) is 5.69 Å². The molecule has 1 heterocycles. The lowest BCUT2D eigenvalue weighted by molar-refractivity contribution is 0.0946. The lowest BCUT2D eigenvalue weighted by Crippen LogP contribution is -2.25. The van der Waals surface area contributed by atoms with E-state index < -0.39 is 0 Å². The molecule has 0 saturated heterocycles. The molecular weight excluding hydrogens is 252 g/mol. The summed E-state index contributed by atoms with van der Waals surface area (Å²) in [4.78, 5) is 11.9. The van der Waals surface area contributed by atoms with Gasteiger partial charge in [-0.2, -0.15) is 5.10 Å². The number of carbonyl (C=O) groups excluding carboxylic acids is 1. The van der Waals surface area contributed by atoms with Crippen molar-refractivity contribution in [1.82, 2.24) is 15.1 Å². The number of hydrogen-bond acceptors (Lipinski definition) is 3. The van der Waals surface area contributed by atoms with Crippen molar-refractivity contribution in [3.05, 3.63) is 42.2 Å². The molecule has 20 heavy (non-hydrogen) atoms. The fourth-order valence-corrected chi connectivity index (χ4v) is 1.82. The average molecular weight is 272 g/mol. The third-order valence-corrected chi connectivity index (χ3v) is 2.96. The van der Waals surface area contributed by atoms with Gasteiger partial charge >= 0.3 is 0 Å². The molecule has 5 heteroatoms. The molecule has 0 fully saturated rings. The Kier molecular flexibility index (Phi) is 4.40. The van der Waals surface area contributed by atoms with Crippen LogP contribution in [0.25, 0.3) is 5.69 Å². The van der Waals surface area contributed by atoms with E-state index in [0.29, 0.717) is 23.8 Å². The van der Waals surface area contributed by atoms with Crippen LogP contribution in [0.1, 0.15) is 30.8 Å². The van der Waals surface area contributed by atoms with Crippen molar-refractivity contribution >= 4 is 11.6 Å². The number of nitrogens with one attached hydrogen (secondary N) is 1. The van der Waals surface area contributed by atoms with Crippen molar-refractivity contribution in [2.24, 2.45) is 5.92 Å². The molecule has 2 aromatic rings. The first kappa shape index (κ1) is 14.1. The standard InChI is InChI=1S/C15H20N4O/c1-11(2)6-8-17-15(20)14-7-9-19(18-14)13-5-3-4-12(16)10-13/h3-5,7,9-11H,6,8,16H2,1-2H3,(H,17,20). The summed E-state index contributed by atoms with van der Waals surface area (Å²) >= 11 is 0. The van der Waals surface area contributed by atoms with Gasteiger partial charge in [0.1, 0.15) is 0 Å². The number of carbonyl (C=O) groups is 1. The van der Waals surface area contributed by atoms with Gasteiger partial charge < -0.3 is 11.1 Å². The minimum Gasteiger partial charge on any atom is -0.399 e. The summed E-state index contributed by atoms with van der Waals surface area (Å²) in [5.41, 5.74) is 7.66. The summed E-state index contributed by atoms with van der Waals surface area (Å²) in [7, 11) is 0. The highest BCUT2D eigenvalue weighted by molar-refractivity contribution is 5.92. The number of nitrogens with two attached hydrogens (primary N) is 1. The molecule has 0 saturated carbocycles. The van der Waals surface area contributed by atoms with Gasteiger partial charge in [-0.15, -0.1) is 0 Å². The molecule has 2 rings (SSSR count). The van der Waals surface area contributed by atoms with Crippen LogP contribution in [0.3, 0.4) is 0 Å². The van der Waals surface area contributed by atoms with Crippen LogP contribution in [0, 0.1) is 5.92 Å². The Hall–Kier alpha value is -2.30. The van der Waals surface area contributed by atoms with Crippen LogP contribution in [0.2, 0.25) is 0 Å². The Bertz CT molecular complexity index is 589. The third kappa shape index (κ3) is 3.60. The van der Waals surface area contributed by atoms with Gasteiger partial charge in [0.25, 0.3) is 5.91 Å². The van der Waals surface area contributed by atoms with Crippen LogP contribution < -0.4 is 11.1 Å². The molecular formula is C15H20N4O. The first-order valence-corrected chi connectivity index (χ1v) is 6.76. The Labute approximate surface area is 118 Å². The normalized spacial score (nSPS) is 10.8. The van der Waals surface area contributed by atoms with Crippen LogP contribution in [-0.4, -0.2) is 22.2 Å². The lowest BCUT2D eigenvalue weighted by atomic mass is 10.1. The van der Waals surface area contributed by atoms with Crippen molar-refractivity contribution in [1.29, 1.82) is 0 Å². The topological polar surface area (TPSA) is 72.9 Å². The third-order valence-electron chi connectivity index (χ3n) is 2.96. The predicted octanol–water partition coefficient (Wildman–Crippen LogP) is 2.23. The maximum Gasteiger partial charge on any atom is 0.271 e. The van der Waals surface area contributed by atoms with Gasteiger partial charge in [-0.05, 0) is 36.6 Å². The molecule has 1 aromatic carbocycles. The van der Waals surface area contributed by atoms with Gasteiger partial charge in [-0.25, -0.2) is 4.68 Å². The summed E-state index contributed by atoms with van der Waals surface area (Å²) in [6.07, 6.45) is 2.72. The fourth-order valence-electron chi connectivity index (χ4n) is 1.82. The van der Waals surface area contributed by atoms with E-state index in [2.05, 4.69) is 24.3 Å². The number of anilines is 1. The highest BCUT2D eigenvalue weighted by atomic mass is 16.1. The summed E-state index contributed by atoms with van der Waals surface area (Å²) in [6, 6.07) is 9.08. The average Bonchev–Trinajstić information content (AvgIpc) is 2.87. The first-order chi connectivity index (χ1) is 9.56. The molecule has 5 nitrogen and oxygen atoms in total. The minimum absolute atomic E-state index is 0.145. The second-order valence-electron chi connectivity index (χ2n) is 5.18. The number of amides is 1. The highest BCUT2D eigenvalue weighted by Crippen LogP contribution is 2.11. The van der Waals surface area contributed by atoms with E-state index in [9.17, 15) is 4.79 Å². The predicted molar refractivity (Wildman–Crippen MR) is 79.8 cm³/mol. The van der Waals surface area contributed by atoms with E-state index >= 15 is 0 Å². The second-order valence-corrected chi connectivity index (χ2v) is 5.18. The molecule has 0 radical (unpaired) electrons. The molecule has 0 aliphatic heterocycles. The summed E-state index contributed by atoms with van der Waals surface area (Å²) in [5, 5.41) is 7.14. The smallest absolute Gasteiger partial charge is 0.271 e. The van der Waals surface area contributed by atoms with Gasteiger partial charge in [0.15, 0.2) is 5.69 Å². The summed E-state index contributed by atoms with van der Waals surface area (Å²) in [6.45, 7) is 4.92. The van der Waals surface area contributed by atoms with Crippen LogP contribution in [0.15, 0.2) is 36.5 Å². The zero-order chi connectivity index (χ0) is 14.5. The number of rotatable bonds is 5. The van der Waals surface area contributed by atoms with Crippen molar-refractivity contribution in [3.63, 3.8) is 0 Å². The second kappa shape index (κ2) is 6.23. The Balaban J connectivity index is 2.03. The molecule has 0 unspecified atom stereocenters. The van der Waals surface area contributed by atoms with E-state index in [0.717, 1.165) is 12.1 Å². The van der Waals surface area contributed by atoms with Gasteiger partial charge in [0.2, 0.25) is 0 Å².